The number of rotatable bonds is 8. The molecule has 0 radical (unpaired) electrons. The van der Waals surface area contributed by atoms with Crippen LogP contribution in [-0.4, -0.2) is 53.5 Å². The van der Waals surface area contributed by atoms with Crippen LogP contribution in [0.1, 0.15) is 70.2 Å². The molecule has 1 aromatic rings. The molecule has 1 aromatic carbocycles. The minimum atomic E-state index is -0.570. The molecule has 2 fully saturated rings. The molecule has 1 aliphatic carbocycles. The minimum Gasteiger partial charge on any atom is -0.504 e. The molecule has 1 amide bonds. The van der Waals surface area contributed by atoms with E-state index in [1.165, 1.54) is 18.2 Å². The molecule has 170 valence electrons. The van der Waals surface area contributed by atoms with Crippen molar-refractivity contribution in [2.24, 2.45) is 10.8 Å². The predicted octanol–water partition coefficient (Wildman–Crippen LogP) is 3.72. The number of amides is 1. The number of carbonyl (C=O) groups excluding carboxylic acids is 3. The van der Waals surface area contributed by atoms with Crippen molar-refractivity contribution in [2.45, 2.75) is 65.8 Å². The molecule has 2 bridgehead atoms. The van der Waals surface area contributed by atoms with Gasteiger partial charge in [-0.25, -0.2) is 0 Å². The number of ketones is 1. The van der Waals surface area contributed by atoms with E-state index < -0.39 is 5.97 Å². The Morgan fingerprint density at radius 3 is 2.61 bits per heavy atom. The molecule has 7 heteroatoms. The van der Waals surface area contributed by atoms with Gasteiger partial charge in [0.05, 0.1) is 13.0 Å². The smallest absolute Gasteiger partial charge is 0.306 e. The predicted molar refractivity (Wildman–Crippen MR) is 115 cm³/mol. The van der Waals surface area contributed by atoms with E-state index in [9.17, 15) is 19.5 Å². The topological polar surface area (TPSA) is 93.1 Å². The van der Waals surface area contributed by atoms with Crippen molar-refractivity contribution in [2.75, 3.05) is 19.8 Å². The minimum absolute atomic E-state index is 0.0397. The first-order valence-electron chi connectivity index (χ1n) is 11.0. The Bertz CT molecular complexity index is 864. The summed E-state index contributed by atoms with van der Waals surface area (Å²) in [6.45, 7) is 9.28. The van der Waals surface area contributed by atoms with Crippen LogP contribution in [0.2, 0.25) is 0 Å². The molecule has 2 atom stereocenters. The fourth-order valence-corrected chi connectivity index (χ4v) is 5.37. The summed E-state index contributed by atoms with van der Waals surface area (Å²) >= 11 is 0. The Hall–Kier alpha value is -2.57. The van der Waals surface area contributed by atoms with Crippen molar-refractivity contribution in [3.05, 3.63) is 23.8 Å². The van der Waals surface area contributed by atoms with Crippen LogP contribution in [-0.2, 0) is 14.3 Å². The Morgan fingerprint density at radius 2 is 1.90 bits per heavy atom. The van der Waals surface area contributed by atoms with Crippen LogP contribution >= 0.6 is 0 Å². The lowest BCUT2D eigenvalue weighted by Gasteiger charge is -2.39. The summed E-state index contributed by atoms with van der Waals surface area (Å²) in [5.74, 6) is -0.799. The zero-order chi connectivity index (χ0) is 22.8. The Morgan fingerprint density at radius 1 is 1.16 bits per heavy atom. The summed E-state index contributed by atoms with van der Waals surface area (Å²) in [6.07, 6.45) is 2.91. The van der Waals surface area contributed by atoms with Gasteiger partial charge >= 0.3 is 5.97 Å². The third kappa shape index (κ3) is 5.57. The van der Waals surface area contributed by atoms with E-state index in [-0.39, 0.29) is 59.5 Å². The maximum atomic E-state index is 12.7. The number of benzene rings is 1. The number of hydrogen-bond acceptors (Lipinski definition) is 6. The first-order valence-corrected chi connectivity index (χ1v) is 11.0. The number of nitrogens with zero attached hydrogens (tertiary/aromatic N) is 1. The highest BCUT2D eigenvalue weighted by Gasteiger charge is 2.50. The number of ether oxygens (including phenoxy) is 2. The lowest BCUT2D eigenvalue weighted by molar-refractivity contribution is -0.152. The fraction of sp³-hybridized carbons (Fsp3) is 0.625. The van der Waals surface area contributed by atoms with Crippen LogP contribution < -0.4 is 4.74 Å². The molecule has 1 heterocycles. The van der Waals surface area contributed by atoms with E-state index in [4.69, 9.17) is 9.47 Å². The summed E-state index contributed by atoms with van der Waals surface area (Å²) in [5, 5.41) is 9.73. The number of phenolic OH excluding ortho intramolecular Hbond substituents is 1. The normalized spacial score (nSPS) is 24.0. The first kappa shape index (κ1) is 23.1. The number of Topliss-reactive ketones (excluding diaryl/α,β-unsaturated/α-hetero) is 1. The van der Waals surface area contributed by atoms with Gasteiger partial charge in [0.1, 0.15) is 0 Å². The SMILES string of the molecule is CCOc1cc(C(=O)CCC(=O)OCC(=O)N2CC3(C)CC2CC(C)(C)C3)ccc1O. The molecule has 0 spiro atoms. The highest BCUT2D eigenvalue weighted by Crippen LogP contribution is 2.52. The number of fused-ring (bicyclic) bond motifs is 2. The van der Waals surface area contributed by atoms with Crippen LogP contribution in [0.3, 0.4) is 0 Å². The van der Waals surface area contributed by atoms with Gasteiger partial charge in [-0.2, -0.15) is 0 Å². The standard InChI is InChI=1S/C24H33NO6/c1-5-30-20-10-16(6-7-19(20)27)18(26)8-9-22(29)31-13-21(28)25-15-24(4)12-17(25)11-23(2,3)14-24/h6-7,10,17,27H,5,8-9,11-15H2,1-4H3. The van der Waals surface area contributed by atoms with Gasteiger partial charge in [0.25, 0.3) is 5.91 Å². The van der Waals surface area contributed by atoms with E-state index in [2.05, 4.69) is 20.8 Å². The van der Waals surface area contributed by atoms with Crippen LogP contribution in [0.4, 0.5) is 0 Å². The quantitative estimate of drug-likeness (QED) is 0.498. The number of esters is 1. The number of carbonyl (C=O) groups is 3. The van der Waals surface area contributed by atoms with Crippen molar-refractivity contribution in [1.82, 2.24) is 4.90 Å². The van der Waals surface area contributed by atoms with Crippen LogP contribution in [0, 0.1) is 10.8 Å². The molecule has 2 aliphatic rings. The third-order valence-corrected chi connectivity index (χ3v) is 6.23. The molecular weight excluding hydrogens is 398 g/mol. The number of likely N-dealkylation sites (tertiary alicyclic amines) is 1. The molecule has 1 saturated carbocycles. The van der Waals surface area contributed by atoms with Crippen molar-refractivity contribution < 1.29 is 29.0 Å². The molecular formula is C24H33NO6. The molecule has 0 aromatic heterocycles. The Balaban J connectivity index is 1.47. The molecule has 1 saturated heterocycles. The van der Waals surface area contributed by atoms with E-state index in [0.717, 1.165) is 19.3 Å². The maximum absolute atomic E-state index is 12.7. The van der Waals surface area contributed by atoms with E-state index >= 15 is 0 Å². The fourth-order valence-electron chi connectivity index (χ4n) is 5.37. The van der Waals surface area contributed by atoms with Gasteiger partial charge in [-0.3, -0.25) is 14.4 Å². The zero-order valence-corrected chi connectivity index (χ0v) is 18.9. The average Bonchev–Trinajstić information content (AvgIpc) is 2.94. The monoisotopic (exact) mass is 431 g/mol. The highest BCUT2D eigenvalue weighted by molar-refractivity contribution is 5.98. The van der Waals surface area contributed by atoms with E-state index in [1.807, 2.05) is 4.90 Å². The average molecular weight is 432 g/mol. The Labute approximate surface area is 183 Å². The van der Waals surface area contributed by atoms with Crippen LogP contribution in [0.5, 0.6) is 11.5 Å². The number of phenols is 1. The highest BCUT2D eigenvalue weighted by atomic mass is 16.5. The summed E-state index contributed by atoms with van der Waals surface area (Å²) in [7, 11) is 0. The van der Waals surface area contributed by atoms with Gasteiger partial charge in [0, 0.05) is 24.6 Å². The number of aromatic hydroxyl groups is 1. The van der Waals surface area contributed by atoms with Crippen LogP contribution in [0.25, 0.3) is 0 Å². The third-order valence-electron chi connectivity index (χ3n) is 6.23. The molecule has 1 N–H and O–H groups in total. The van der Waals surface area contributed by atoms with Gasteiger partial charge in [0.2, 0.25) is 0 Å². The Kier molecular flexibility index (Phi) is 6.62. The second kappa shape index (κ2) is 8.89. The summed E-state index contributed by atoms with van der Waals surface area (Å²) in [6, 6.07) is 4.55. The molecule has 1 aliphatic heterocycles. The van der Waals surface area contributed by atoms with E-state index in [1.54, 1.807) is 6.92 Å². The second-order valence-corrected chi connectivity index (χ2v) is 9.93. The van der Waals surface area contributed by atoms with Gasteiger partial charge in [-0.05, 0) is 55.2 Å². The first-order chi connectivity index (χ1) is 14.5. The van der Waals surface area contributed by atoms with Gasteiger partial charge in [-0.1, -0.05) is 20.8 Å². The molecule has 3 rings (SSSR count). The molecule has 2 unspecified atom stereocenters. The van der Waals surface area contributed by atoms with Gasteiger partial charge in [-0.15, -0.1) is 0 Å². The summed E-state index contributed by atoms with van der Waals surface area (Å²) in [4.78, 5) is 39.0. The van der Waals surface area contributed by atoms with Crippen molar-refractivity contribution in [3.63, 3.8) is 0 Å². The van der Waals surface area contributed by atoms with Crippen molar-refractivity contribution in [1.29, 1.82) is 0 Å². The van der Waals surface area contributed by atoms with Gasteiger partial charge < -0.3 is 19.5 Å². The van der Waals surface area contributed by atoms with E-state index in [0.29, 0.717) is 18.7 Å². The van der Waals surface area contributed by atoms with Crippen molar-refractivity contribution in [3.8, 4) is 11.5 Å². The lowest BCUT2D eigenvalue weighted by atomic mass is 9.65. The maximum Gasteiger partial charge on any atom is 0.306 e. The molecule has 7 nitrogen and oxygen atoms in total. The number of hydrogen-bond donors (Lipinski definition) is 1. The summed E-state index contributed by atoms with van der Waals surface area (Å²) in [5.41, 5.74) is 0.688. The largest absolute Gasteiger partial charge is 0.504 e. The van der Waals surface area contributed by atoms with Gasteiger partial charge in [0.15, 0.2) is 23.9 Å². The lowest BCUT2D eigenvalue weighted by Crippen LogP contribution is -2.39. The second-order valence-electron chi connectivity index (χ2n) is 9.93. The summed E-state index contributed by atoms with van der Waals surface area (Å²) < 4.78 is 10.5. The zero-order valence-electron chi connectivity index (χ0n) is 18.9. The van der Waals surface area contributed by atoms with Crippen LogP contribution in [0.15, 0.2) is 18.2 Å². The molecule has 31 heavy (non-hydrogen) atoms. The van der Waals surface area contributed by atoms with Crippen molar-refractivity contribution >= 4 is 17.7 Å².